The molecule has 6 heteroatoms. The van der Waals surface area contributed by atoms with Crippen LogP contribution in [0.1, 0.15) is 40.0 Å². The number of aromatic nitrogens is 1. The first-order valence-corrected chi connectivity index (χ1v) is 9.00. The highest BCUT2D eigenvalue weighted by Crippen LogP contribution is 2.29. The van der Waals surface area contributed by atoms with E-state index in [1.807, 2.05) is 51.1 Å². The van der Waals surface area contributed by atoms with Gasteiger partial charge in [-0.05, 0) is 38.1 Å². The van der Waals surface area contributed by atoms with Gasteiger partial charge in [0.05, 0.1) is 6.04 Å². The molecule has 1 unspecified atom stereocenters. The van der Waals surface area contributed by atoms with Gasteiger partial charge in [0.15, 0.2) is 11.5 Å². The molecule has 0 aliphatic carbocycles. The van der Waals surface area contributed by atoms with E-state index in [2.05, 4.69) is 15.6 Å². The molecule has 142 valence electrons. The summed E-state index contributed by atoms with van der Waals surface area (Å²) in [5.74, 6) is 1.44. The summed E-state index contributed by atoms with van der Waals surface area (Å²) in [5, 5.41) is 6.83. The fourth-order valence-electron chi connectivity index (χ4n) is 3.24. The second kappa shape index (κ2) is 6.79. The van der Waals surface area contributed by atoms with Gasteiger partial charge in [-0.3, -0.25) is 0 Å². The van der Waals surface area contributed by atoms with Gasteiger partial charge in [0.1, 0.15) is 16.9 Å². The fraction of sp³-hybridized carbons (Fsp3) is 0.238. The molecule has 27 heavy (non-hydrogen) atoms. The Bertz CT molecular complexity index is 1140. The van der Waals surface area contributed by atoms with E-state index in [4.69, 9.17) is 8.83 Å². The Morgan fingerprint density at radius 1 is 1.19 bits per heavy atom. The van der Waals surface area contributed by atoms with E-state index in [1.54, 1.807) is 12.1 Å². The molecule has 0 radical (unpaired) electrons. The Morgan fingerprint density at radius 3 is 2.78 bits per heavy atom. The van der Waals surface area contributed by atoms with Gasteiger partial charge in [-0.15, -0.1) is 0 Å². The summed E-state index contributed by atoms with van der Waals surface area (Å²) in [6, 6.07) is 12.7. The van der Waals surface area contributed by atoms with E-state index >= 15 is 0 Å². The molecule has 0 saturated carbocycles. The third-order valence-electron chi connectivity index (χ3n) is 4.61. The molecular weight excluding hydrogens is 342 g/mol. The molecule has 6 nitrogen and oxygen atoms in total. The molecule has 1 atom stereocenters. The zero-order valence-corrected chi connectivity index (χ0v) is 15.5. The van der Waals surface area contributed by atoms with Crippen LogP contribution in [0.3, 0.4) is 0 Å². The fourth-order valence-corrected chi connectivity index (χ4v) is 3.24. The Labute approximate surface area is 159 Å². The van der Waals surface area contributed by atoms with Gasteiger partial charge in [0.25, 0.3) is 0 Å². The number of furan rings is 1. The number of para-hydroxylation sites is 1. The van der Waals surface area contributed by atoms with Crippen LogP contribution in [0.25, 0.3) is 22.1 Å². The molecule has 0 bridgehead atoms. The zero-order chi connectivity index (χ0) is 19.0. The van der Waals surface area contributed by atoms with E-state index in [0.29, 0.717) is 17.2 Å². The van der Waals surface area contributed by atoms with Crippen LogP contribution in [-0.2, 0) is 6.42 Å². The number of amides is 2. The first-order valence-electron chi connectivity index (χ1n) is 9.00. The van der Waals surface area contributed by atoms with Gasteiger partial charge in [-0.25, -0.2) is 9.78 Å². The Morgan fingerprint density at radius 2 is 2.00 bits per heavy atom. The molecule has 4 aromatic rings. The molecule has 4 rings (SSSR count). The highest BCUT2D eigenvalue weighted by atomic mass is 16.3. The number of urea groups is 1. The number of rotatable bonds is 4. The van der Waals surface area contributed by atoms with Crippen molar-refractivity contribution in [2.24, 2.45) is 0 Å². The van der Waals surface area contributed by atoms with E-state index in [0.717, 1.165) is 34.2 Å². The van der Waals surface area contributed by atoms with Gasteiger partial charge in [-0.2, -0.15) is 0 Å². The summed E-state index contributed by atoms with van der Waals surface area (Å²) in [7, 11) is 0. The number of oxazole rings is 1. The number of aryl methyl sites for hydroxylation is 2. The Kier molecular flexibility index (Phi) is 4.32. The van der Waals surface area contributed by atoms with Crippen LogP contribution in [0.5, 0.6) is 0 Å². The molecule has 0 aliphatic heterocycles. The average molecular weight is 367 g/mol. The van der Waals surface area contributed by atoms with Crippen molar-refractivity contribution in [3.63, 3.8) is 0 Å². The highest BCUT2D eigenvalue weighted by Gasteiger charge is 2.18. The van der Waals surface area contributed by atoms with E-state index in [9.17, 15) is 4.79 Å². The zero-order valence-electron chi connectivity index (χ0n) is 15.5. The Hall–Kier alpha value is -3.28. The number of nitrogens with zero attached hydrogens (tertiary/aromatic N) is 1. The topological polar surface area (TPSA) is 80.3 Å². The van der Waals surface area contributed by atoms with E-state index in [-0.39, 0.29) is 14.9 Å². The number of hydrogen-bond donors (Lipinski definition) is 2. The molecule has 2 aromatic carbocycles. The largest absolute Gasteiger partial charge is 0.459 e. The number of benzene rings is 2. The van der Waals surface area contributed by atoms with Crippen LogP contribution in [-0.4, -0.2) is 11.0 Å². The monoisotopic (exact) mass is 367 g/mol. The summed E-state index contributed by atoms with van der Waals surface area (Å²) in [6.45, 7) is 5.89. The lowest BCUT2D eigenvalue weighted by Gasteiger charge is -2.13. The molecule has 0 spiro atoms. The van der Waals surface area contributed by atoms with Crippen molar-refractivity contribution in [1.29, 1.82) is 0 Å². The van der Waals surface area contributed by atoms with Crippen molar-refractivity contribution in [3.05, 3.63) is 59.7 Å². The Balaban J connectivity index is 0.00000150. The number of nitrogens with one attached hydrogen (secondary N) is 2. The summed E-state index contributed by atoms with van der Waals surface area (Å²) < 4.78 is 11.5. The predicted molar refractivity (Wildman–Crippen MR) is 109 cm³/mol. The standard InChI is InChI=1S/C21H21N3O3.2H2/c1-4-19-24-16-11-14(9-10-18(16)26-19)23-21(25)22-13(3)20-12(2)15-7-5-6-8-17(15)27-20;;/h5-11,13H,4H2,1-3H3,(H2,22,23,25);2*1H. The highest BCUT2D eigenvalue weighted by molar-refractivity contribution is 5.92. The van der Waals surface area contributed by atoms with Crippen molar-refractivity contribution in [2.45, 2.75) is 33.2 Å². The van der Waals surface area contributed by atoms with Gasteiger partial charge < -0.3 is 19.5 Å². The predicted octanol–water partition coefficient (Wildman–Crippen LogP) is 5.82. The molecule has 0 aliphatic rings. The number of carbonyl (C=O) groups is 1. The lowest BCUT2D eigenvalue weighted by Crippen LogP contribution is -2.31. The maximum absolute atomic E-state index is 12.4. The number of hydrogen-bond acceptors (Lipinski definition) is 4. The minimum Gasteiger partial charge on any atom is -0.459 e. The van der Waals surface area contributed by atoms with E-state index < -0.39 is 0 Å². The molecule has 2 amide bonds. The summed E-state index contributed by atoms with van der Waals surface area (Å²) >= 11 is 0. The van der Waals surface area contributed by atoms with Gasteiger partial charge in [0.2, 0.25) is 0 Å². The van der Waals surface area contributed by atoms with Crippen molar-refractivity contribution < 1.29 is 16.5 Å². The van der Waals surface area contributed by atoms with E-state index in [1.165, 1.54) is 0 Å². The van der Waals surface area contributed by atoms with Crippen LogP contribution in [0.4, 0.5) is 10.5 Å². The summed E-state index contributed by atoms with van der Waals surface area (Å²) in [6.07, 6.45) is 0.728. The first-order chi connectivity index (χ1) is 13.0. The van der Waals surface area contributed by atoms with Gasteiger partial charge in [0, 0.05) is 25.9 Å². The van der Waals surface area contributed by atoms with Gasteiger partial charge in [-0.1, -0.05) is 25.1 Å². The number of carbonyl (C=O) groups excluding carboxylic acids is 1. The van der Waals surface area contributed by atoms with Crippen molar-refractivity contribution in [1.82, 2.24) is 10.3 Å². The van der Waals surface area contributed by atoms with Crippen LogP contribution in [0, 0.1) is 6.92 Å². The molecule has 0 saturated heterocycles. The maximum Gasteiger partial charge on any atom is 0.319 e. The molecule has 0 fully saturated rings. The smallest absolute Gasteiger partial charge is 0.319 e. The molecular formula is C21H25N3O3. The van der Waals surface area contributed by atoms with Gasteiger partial charge >= 0.3 is 6.03 Å². The van der Waals surface area contributed by atoms with Crippen LogP contribution in [0.15, 0.2) is 51.3 Å². The van der Waals surface area contributed by atoms with Crippen molar-refractivity contribution in [2.75, 3.05) is 5.32 Å². The number of anilines is 1. The maximum atomic E-state index is 12.4. The third-order valence-corrected chi connectivity index (χ3v) is 4.61. The van der Waals surface area contributed by atoms with Crippen LogP contribution in [0.2, 0.25) is 0 Å². The first kappa shape index (κ1) is 17.1. The lowest BCUT2D eigenvalue weighted by molar-refractivity contribution is 0.248. The number of fused-ring (bicyclic) bond motifs is 2. The van der Waals surface area contributed by atoms with Crippen molar-refractivity contribution >= 4 is 33.8 Å². The SMILES string of the molecule is CCc1nc2cc(NC(=O)NC(C)c3oc4ccccc4c3C)ccc2o1.[HH].[HH]. The lowest BCUT2D eigenvalue weighted by atomic mass is 10.1. The minimum atomic E-state index is -0.305. The minimum absolute atomic E-state index is 0. The average Bonchev–Trinajstić information content (AvgIpc) is 3.22. The quantitative estimate of drug-likeness (QED) is 0.476. The third kappa shape index (κ3) is 3.26. The van der Waals surface area contributed by atoms with Crippen LogP contribution < -0.4 is 10.6 Å². The summed E-state index contributed by atoms with van der Waals surface area (Å²) in [4.78, 5) is 16.8. The summed E-state index contributed by atoms with van der Waals surface area (Å²) in [5.41, 5.74) is 3.95. The second-order valence-corrected chi connectivity index (χ2v) is 6.55. The van der Waals surface area contributed by atoms with Crippen LogP contribution >= 0.6 is 0 Å². The normalized spacial score (nSPS) is 12.4. The molecule has 2 N–H and O–H groups in total. The second-order valence-electron chi connectivity index (χ2n) is 6.55. The van der Waals surface area contributed by atoms with Crippen molar-refractivity contribution in [3.8, 4) is 0 Å². The molecule has 2 aromatic heterocycles. The molecule has 2 heterocycles.